The van der Waals surface area contributed by atoms with Crippen molar-refractivity contribution in [2.45, 2.75) is 19.4 Å². The second-order valence-electron chi connectivity index (χ2n) is 5.02. The number of Topliss-reactive ketones (excluding diaryl/α,β-unsaturated/α-hetero) is 1. The van der Waals surface area contributed by atoms with Gasteiger partial charge in [-0.05, 0) is 11.3 Å². The molecule has 2 heterocycles. The van der Waals surface area contributed by atoms with Crippen LogP contribution in [0.3, 0.4) is 0 Å². The molecule has 0 amide bonds. The van der Waals surface area contributed by atoms with Gasteiger partial charge in [0.05, 0.1) is 12.0 Å². The number of hydrogen-bond donors (Lipinski definition) is 2. The van der Waals surface area contributed by atoms with Crippen molar-refractivity contribution in [1.29, 1.82) is 0 Å². The highest BCUT2D eigenvalue weighted by Gasteiger charge is 2.24. The third kappa shape index (κ3) is 4.11. The van der Waals surface area contributed by atoms with Gasteiger partial charge in [0, 0.05) is 12.5 Å². The number of carbonyl (C=O) groups excluding carboxylic acids is 1. The van der Waals surface area contributed by atoms with Crippen molar-refractivity contribution in [3.05, 3.63) is 60.8 Å². The van der Waals surface area contributed by atoms with E-state index < -0.39 is 36.7 Å². The highest BCUT2D eigenvalue weighted by Crippen LogP contribution is 2.26. The smallest absolute Gasteiger partial charge is 0.214 e. The third-order valence-corrected chi connectivity index (χ3v) is 3.43. The van der Waals surface area contributed by atoms with Crippen LogP contribution in [0.25, 0.3) is 0 Å². The van der Waals surface area contributed by atoms with Crippen LogP contribution < -0.4 is 5.43 Å². The minimum atomic E-state index is -0.770. The summed E-state index contributed by atoms with van der Waals surface area (Å²) in [7, 11) is 0. The SMILES string of the molecule is O=NCC1=C(Cc2oc(CO)cc(=O)c2N=O)OC(CO)=CCC1=O. The largest absolute Gasteiger partial charge is 0.463 e. The maximum absolute atomic E-state index is 12.1. The summed E-state index contributed by atoms with van der Waals surface area (Å²) in [4.78, 5) is 45.5. The number of nitroso groups, excluding NO2 is 2. The zero-order chi connectivity index (χ0) is 18.4. The molecule has 1 aliphatic heterocycles. The topological polar surface area (TPSA) is 156 Å². The summed E-state index contributed by atoms with van der Waals surface area (Å²) in [6.07, 6.45) is 0.876. The Morgan fingerprint density at radius 1 is 1.16 bits per heavy atom. The van der Waals surface area contributed by atoms with Crippen LogP contribution >= 0.6 is 0 Å². The number of nitrogens with zero attached hydrogens (tertiary/aromatic N) is 2. The molecule has 0 aliphatic carbocycles. The molecule has 0 radical (unpaired) electrons. The van der Waals surface area contributed by atoms with E-state index in [1.807, 2.05) is 0 Å². The molecule has 0 spiro atoms. The molecule has 1 aromatic rings. The second kappa shape index (κ2) is 8.22. The van der Waals surface area contributed by atoms with Gasteiger partial charge in [-0.15, -0.1) is 4.91 Å². The summed E-state index contributed by atoms with van der Waals surface area (Å²) in [6.45, 7) is -1.59. The van der Waals surface area contributed by atoms with Crippen LogP contribution in [0.2, 0.25) is 0 Å². The van der Waals surface area contributed by atoms with Gasteiger partial charge in [0.15, 0.2) is 11.5 Å². The molecule has 2 N–H and O–H groups in total. The minimum absolute atomic E-state index is 0.0607. The maximum atomic E-state index is 12.1. The Labute approximate surface area is 140 Å². The summed E-state index contributed by atoms with van der Waals surface area (Å²) in [6, 6.07) is 0.917. The molecule has 0 atom stereocenters. The van der Waals surface area contributed by atoms with E-state index >= 15 is 0 Å². The molecule has 0 saturated heterocycles. The van der Waals surface area contributed by atoms with Gasteiger partial charge in [0.2, 0.25) is 5.43 Å². The number of ether oxygens (including phenoxy) is 1. The van der Waals surface area contributed by atoms with Crippen molar-refractivity contribution in [1.82, 2.24) is 0 Å². The first-order chi connectivity index (χ1) is 12.0. The number of aliphatic hydroxyl groups excluding tert-OH is 2. The summed E-state index contributed by atoms with van der Waals surface area (Å²) < 4.78 is 10.7. The summed E-state index contributed by atoms with van der Waals surface area (Å²) in [5.74, 6) is -0.840. The zero-order valence-electron chi connectivity index (χ0n) is 12.9. The average molecular weight is 350 g/mol. The molecule has 10 heteroatoms. The third-order valence-electron chi connectivity index (χ3n) is 3.43. The monoisotopic (exact) mass is 350 g/mol. The molecule has 1 aliphatic rings. The Balaban J connectivity index is 2.55. The lowest BCUT2D eigenvalue weighted by Crippen LogP contribution is -2.12. The first kappa shape index (κ1) is 18.4. The van der Waals surface area contributed by atoms with Crippen LogP contribution in [0.5, 0.6) is 0 Å². The lowest BCUT2D eigenvalue weighted by Gasteiger charge is -2.13. The van der Waals surface area contributed by atoms with Crippen molar-refractivity contribution in [2.24, 2.45) is 10.4 Å². The summed E-state index contributed by atoms with van der Waals surface area (Å²) in [5, 5.41) is 23.7. The van der Waals surface area contributed by atoms with Crippen LogP contribution in [-0.4, -0.2) is 29.1 Å². The first-order valence-electron chi connectivity index (χ1n) is 7.16. The molecule has 132 valence electrons. The van der Waals surface area contributed by atoms with Crippen molar-refractivity contribution >= 4 is 11.5 Å². The van der Waals surface area contributed by atoms with E-state index in [0.29, 0.717) is 0 Å². The molecule has 0 bridgehead atoms. The number of ketones is 1. The molecule has 0 saturated carbocycles. The van der Waals surface area contributed by atoms with Gasteiger partial charge in [0.25, 0.3) is 0 Å². The van der Waals surface area contributed by atoms with Gasteiger partial charge in [-0.1, -0.05) is 5.18 Å². The van der Waals surface area contributed by atoms with E-state index in [2.05, 4.69) is 10.4 Å². The fourth-order valence-electron chi connectivity index (χ4n) is 2.25. The Bertz CT molecular complexity index is 821. The molecular formula is C15H14N2O8. The van der Waals surface area contributed by atoms with Crippen molar-refractivity contribution < 1.29 is 24.2 Å². The van der Waals surface area contributed by atoms with Crippen molar-refractivity contribution in [3.63, 3.8) is 0 Å². The maximum Gasteiger partial charge on any atom is 0.214 e. The van der Waals surface area contributed by atoms with Crippen LogP contribution in [0.4, 0.5) is 5.69 Å². The predicted octanol–water partition coefficient (Wildman–Crippen LogP) is 0.959. The number of carbonyl (C=O) groups is 1. The standard InChI is InChI=1S/C15H14N2O8/c18-6-8-1-2-11(20)10(5-16-22)13(24-8)4-14-15(17-23)12(21)3-9(7-19)25-14/h1,3,18-19H,2,4-7H2. The molecule has 0 fully saturated rings. The molecule has 2 rings (SSSR count). The molecular weight excluding hydrogens is 336 g/mol. The van der Waals surface area contributed by atoms with Crippen molar-refractivity contribution in [2.75, 3.05) is 13.2 Å². The fraction of sp³-hybridized carbons (Fsp3) is 0.333. The Kier molecular flexibility index (Phi) is 6.03. The molecule has 1 aromatic heterocycles. The van der Waals surface area contributed by atoms with Gasteiger partial charge in [-0.25, -0.2) is 0 Å². The van der Waals surface area contributed by atoms with Crippen LogP contribution in [-0.2, 0) is 22.6 Å². The van der Waals surface area contributed by atoms with E-state index in [4.69, 9.17) is 14.3 Å². The lowest BCUT2D eigenvalue weighted by molar-refractivity contribution is -0.114. The Morgan fingerprint density at radius 2 is 1.92 bits per heavy atom. The fourth-order valence-corrected chi connectivity index (χ4v) is 2.25. The zero-order valence-corrected chi connectivity index (χ0v) is 12.9. The van der Waals surface area contributed by atoms with Crippen molar-refractivity contribution in [3.8, 4) is 0 Å². The highest BCUT2D eigenvalue weighted by atomic mass is 16.5. The molecule has 25 heavy (non-hydrogen) atoms. The second-order valence-corrected chi connectivity index (χ2v) is 5.02. The van der Waals surface area contributed by atoms with E-state index in [9.17, 15) is 24.5 Å². The number of allylic oxidation sites excluding steroid dienone is 2. The molecule has 0 unspecified atom stereocenters. The summed E-state index contributed by atoms with van der Waals surface area (Å²) in [5.41, 5.74) is -1.38. The van der Waals surface area contributed by atoms with Crippen LogP contribution in [0.1, 0.15) is 17.9 Å². The minimum Gasteiger partial charge on any atom is -0.463 e. The van der Waals surface area contributed by atoms with E-state index in [-0.39, 0.29) is 41.5 Å². The van der Waals surface area contributed by atoms with Gasteiger partial charge in [-0.2, -0.15) is 4.91 Å². The van der Waals surface area contributed by atoms with Gasteiger partial charge in [0.1, 0.15) is 42.8 Å². The van der Waals surface area contributed by atoms with E-state index in [1.165, 1.54) is 6.08 Å². The number of hydrogen-bond acceptors (Lipinski definition) is 10. The average Bonchev–Trinajstić information content (AvgIpc) is 2.75. The first-order valence-corrected chi connectivity index (χ1v) is 7.16. The Morgan fingerprint density at radius 3 is 2.52 bits per heavy atom. The van der Waals surface area contributed by atoms with E-state index in [1.54, 1.807) is 0 Å². The van der Waals surface area contributed by atoms with Gasteiger partial charge in [-0.3, -0.25) is 9.59 Å². The van der Waals surface area contributed by atoms with Gasteiger partial charge < -0.3 is 19.4 Å². The molecule has 10 nitrogen and oxygen atoms in total. The Hall–Kier alpha value is -2.98. The highest BCUT2D eigenvalue weighted by molar-refractivity contribution is 5.97. The number of aliphatic hydroxyl groups is 2. The predicted molar refractivity (Wildman–Crippen MR) is 83.6 cm³/mol. The van der Waals surface area contributed by atoms with E-state index in [0.717, 1.165) is 6.07 Å². The normalized spacial score (nSPS) is 14.6. The lowest BCUT2D eigenvalue weighted by atomic mass is 10.0. The van der Waals surface area contributed by atoms with Crippen LogP contribution in [0.15, 0.2) is 48.8 Å². The summed E-state index contributed by atoms with van der Waals surface area (Å²) >= 11 is 0. The van der Waals surface area contributed by atoms with Crippen LogP contribution in [0, 0.1) is 9.81 Å². The van der Waals surface area contributed by atoms with Gasteiger partial charge >= 0.3 is 0 Å². The molecule has 0 aromatic carbocycles. The quantitative estimate of drug-likeness (QED) is 0.689. The number of rotatable bonds is 7.